The average Bonchev–Trinajstić information content (AvgIpc) is 3.30. The second-order valence-corrected chi connectivity index (χ2v) is 7.19. The second-order valence-electron chi connectivity index (χ2n) is 7.19. The van der Waals surface area contributed by atoms with E-state index in [0.717, 1.165) is 0 Å². The zero-order valence-electron chi connectivity index (χ0n) is 15.5. The molecule has 2 heterocycles. The molecule has 144 valence electrons. The molecule has 2 bridgehead atoms. The SMILES string of the molecule is CCOC(=O)C1=C(c2ccccc2)C(=O)[C@H]2[C@@H]1[C@@H]1C[C@](C#N)(OC(C)=O)[C@H]2O1. The molecule has 2 fully saturated rings. The van der Waals surface area contributed by atoms with Gasteiger partial charge in [-0.05, 0) is 12.5 Å². The molecule has 7 nitrogen and oxygen atoms in total. The zero-order valence-corrected chi connectivity index (χ0v) is 15.5. The number of nitriles is 1. The summed E-state index contributed by atoms with van der Waals surface area (Å²) in [6.45, 7) is 3.10. The molecule has 7 heteroatoms. The van der Waals surface area contributed by atoms with Crippen LogP contribution in [0.5, 0.6) is 0 Å². The van der Waals surface area contributed by atoms with Crippen molar-refractivity contribution in [1.82, 2.24) is 0 Å². The van der Waals surface area contributed by atoms with E-state index < -0.39 is 41.6 Å². The molecule has 2 aliphatic heterocycles. The number of rotatable bonds is 4. The van der Waals surface area contributed by atoms with Crippen molar-refractivity contribution in [3.05, 3.63) is 41.5 Å². The Labute approximate surface area is 161 Å². The Bertz CT molecular complexity index is 930. The van der Waals surface area contributed by atoms with Crippen LogP contribution in [0.2, 0.25) is 0 Å². The Morgan fingerprint density at radius 3 is 2.61 bits per heavy atom. The molecule has 0 amide bonds. The van der Waals surface area contributed by atoms with E-state index in [-0.39, 0.29) is 18.8 Å². The average molecular weight is 381 g/mol. The molecule has 0 N–H and O–H groups in total. The zero-order chi connectivity index (χ0) is 20.1. The fraction of sp³-hybridized carbons (Fsp3) is 0.429. The van der Waals surface area contributed by atoms with Gasteiger partial charge in [0.05, 0.1) is 24.2 Å². The van der Waals surface area contributed by atoms with Gasteiger partial charge in [0.25, 0.3) is 0 Å². The second kappa shape index (κ2) is 6.57. The van der Waals surface area contributed by atoms with Crippen LogP contribution < -0.4 is 0 Å². The number of fused-ring (bicyclic) bond motifs is 5. The van der Waals surface area contributed by atoms with Gasteiger partial charge in [0.2, 0.25) is 5.60 Å². The first kappa shape index (κ1) is 18.4. The third-order valence-electron chi connectivity index (χ3n) is 5.62. The maximum atomic E-state index is 13.4. The molecule has 0 saturated carbocycles. The van der Waals surface area contributed by atoms with E-state index >= 15 is 0 Å². The fourth-order valence-electron chi connectivity index (χ4n) is 4.74. The lowest BCUT2D eigenvalue weighted by atomic mass is 9.71. The molecule has 1 aromatic rings. The van der Waals surface area contributed by atoms with Crippen LogP contribution in [0.3, 0.4) is 0 Å². The van der Waals surface area contributed by atoms with Crippen LogP contribution in [0.25, 0.3) is 5.57 Å². The van der Waals surface area contributed by atoms with Gasteiger partial charge in [-0.3, -0.25) is 9.59 Å². The first-order valence-electron chi connectivity index (χ1n) is 9.20. The number of ether oxygens (including phenoxy) is 3. The van der Waals surface area contributed by atoms with Crippen molar-refractivity contribution in [2.24, 2.45) is 11.8 Å². The number of benzene rings is 1. The van der Waals surface area contributed by atoms with Crippen LogP contribution in [0.1, 0.15) is 25.8 Å². The number of hydrogen-bond acceptors (Lipinski definition) is 7. The Morgan fingerprint density at radius 2 is 2.00 bits per heavy atom. The summed E-state index contributed by atoms with van der Waals surface area (Å²) in [4.78, 5) is 37.7. The number of carbonyl (C=O) groups excluding carboxylic acids is 3. The summed E-state index contributed by atoms with van der Waals surface area (Å²) in [6, 6.07) is 11.0. The minimum atomic E-state index is -1.51. The number of Topliss-reactive ketones (excluding diaryl/α,β-unsaturated/α-hetero) is 1. The maximum absolute atomic E-state index is 13.4. The molecule has 1 aliphatic carbocycles. The predicted molar refractivity (Wildman–Crippen MR) is 95.4 cm³/mol. The quantitative estimate of drug-likeness (QED) is 0.733. The van der Waals surface area contributed by atoms with Gasteiger partial charge in [0, 0.05) is 24.8 Å². The Balaban J connectivity index is 1.81. The highest BCUT2D eigenvalue weighted by atomic mass is 16.6. The third kappa shape index (κ3) is 2.49. The molecule has 0 unspecified atom stereocenters. The Hall–Kier alpha value is -2.98. The normalized spacial score (nSPS) is 32.8. The summed E-state index contributed by atoms with van der Waals surface area (Å²) in [5.74, 6) is -2.70. The summed E-state index contributed by atoms with van der Waals surface area (Å²) < 4.78 is 16.4. The topological polar surface area (TPSA) is 103 Å². The van der Waals surface area contributed by atoms with E-state index in [9.17, 15) is 19.6 Å². The largest absolute Gasteiger partial charge is 0.463 e. The van der Waals surface area contributed by atoms with Crippen LogP contribution in [0.4, 0.5) is 0 Å². The fourth-order valence-corrected chi connectivity index (χ4v) is 4.74. The van der Waals surface area contributed by atoms with Crippen LogP contribution in [-0.2, 0) is 28.6 Å². The first-order valence-corrected chi connectivity index (χ1v) is 9.20. The van der Waals surface area contributed by atoms with Crippen molar-refractivity contribution in [2.75, 3.05) is 6.61 Å². The summed E-state index contributed by atoms with van der Waals surface area (Å²) in [6.07, 6.45) is -1.36. The molecule has 5 atom stereocenters. The molecule has 0 aromatic heterocycles. The lowest BCUT2D eigenvalue weighted by Gasteiger charge is -2.33. The molecule has 0 spiro atoms. The van der Waals surface area contributed by atoms with Crippen LogP contribution >= 0.6 is 0 Å². The number of allylic oxidation sites excluding steroid dienone is 1. The Kier molecular flexibility index (Phi) is 4.31. The predicted octanol–water partition coefficient (Wildman–Crippen LogP) is 1.81. The monoisotopic (exact) mass is 381 g/mol. The van der Waals surface area contributed by atoms with Crippen molar-refractivity contribution < 1.29 is 28.6 Å². The minimum absolute atomic E-state index is 0.118. The highest BCUT2D eigenvalue weighted by Crippen LogP contribution is 2.58. The van der Waals surface area contributed by atoms with Gasteiger partial charge in [-0.25, -0.2) is 4.79 Å². The highest BCUT2D eigenvalue weighted by Gasteiger charge is 2.70. The van der Waals surface area contributed by atoms with Crippen LogP contribution in [0, 0.1) is 23.2 Å². The molecule has 0 radical (unpaired) electrons. The number of carbonyl (C=O) groups is 3. The van der Waals surface area contributed by atoms with Gasteiger partial charge in [0.15, 0.2) is 5.78 Å². The third-order valence-corrected chi connectivity index (χ3v) is 5.62. The van der Waals surface area contributed by atoms with Crippen LogP contribution in [0.15, 0.2) is 35.9 Å². The number of nitrogens with zero attached hydrogens (tertiary/aromatic N) is 1. The minimum Gasteiger partial charge on any atom is -0.463 e. The summed E-state index contributed by atoms with van der Waals surface area (Å²) in [5.41, 5.74) is -0.285. The van der Waals surface area contributed by atoms with E-state index in [4.69, 9.17) is 14.2 Å². The summed E-state index contributed by atoms with van der Waals surface area (Å²) in [5, 5.41) is 9.71. The lowest BCUT2D eigenvalue weighted by Crippen LogP contribution is -2.50. The molecule has 3 aliphatic rings. The summed E-state index contributed by atoms with van der Waals surface area (Å²) in [7, 11) is 0. The van der Waals surface area contributed by atoms with Crippen molar-refractivity contribution in [3.8, 4) is 6.07 Å². The molecule has 2 saturated heterocycles. The first-order chi connectivity index (χ1) is 13.4. The smallest absolute Gasteiger partial charge is 0.335 e. The molecule has 1 aromatic carbocycles. The van der Waals surface area contributed by atoms with Gasteiger partial charge in [-0.1, -0.05) is 30.3 Å². The van der Waals surface area contributed by atoms with E-state index in [1.165, 1.54) is 6.92 Å². The lowest BCUT2D eigenvalue weighted by molar-refractivity contribution is -0.159. The van der Waals surface area contributed by atoms with Gasteiger partial charge >= 0.3 is 11.9 Å². The molecule has 4 rings (SSSR count). The van der Waals surface area contributed by atoms with Gasteiger partial charge in [-0.15, -0.1) is 0 Å². The summed E-state index contributed by atoms with van der Waals surface area (Å²) >= 11 is 0. The maximum Gasteiger partial charge on any atom is 0.335 e. The van der Waals surface area contributed by atoms with E-state index in [0.29, 0.717) is 16.7 Å². The van der Waals surface area contributed by atoms with Crippen molar-refractivity contribution >= 4 is 23.3 Å². The van der Waals surface area contributed by atoms with E-state index in [2.05, 4.69) is 0 Å². The van der Waals surface area contributed by atoms with Gasteiger partial charge in [0.1, 0.15) is 12.2 Å². The highest BCUT2D eigenvalue weighted by molar-refractivity contribution is 6.30. The number of esters is 2. The van der Waals surface area contributed by atoms with E-state index in [1.54, 1.807) is 31.2 Å². The molecular formula is C21H19NO6. The number of ketones is 1. The van der Waals surface area contributed by atoms with Crippen molar-refractivity contribution in [2.45, 2.75) is 38.1 Å². The van der Waals surface area contributed by atoms with Gasteiger partial charge < -0.3 is 14.2 Å². The van der Waals surface area contributed by atoms with Crippen molar-refractivity contribution in [1.29, 1.82) is 5.26 Å². The van der Waals surface area contributed by atoms with Crippen LogP contribution in [-0.4, -0.2) is 42.1 Å². The van der Waals surface area contributed by atoms with E-state index in [1.807, 2.05) is 12.1 Å². The molecular weight excluding hydrogens is 362 g/mol. The van der Waals surface area contributed by atoms with Crippen molar-refractivity contribution in [3.63, 3.8) is 0 Å². The standard InChI is InChI=1S/C21H19NO6/c1-3-26-20(25)16-14(12-7-5-4-6-8-12)18(24)17-15(16)13-9-21(10-22,19(17)27-13)28-11(2)23/h4-8,13,15,17,19H,3,9H2,1-2H3/t13-,15+,17+,19-,21+/m0/s1. The van der Waals surface area contributed by atoms with Gasteiger partial charge in [-0.2, -0.15) is 5.26 Å². The Morgan fingerprint density at radius 1 is 1.29 bits per heavy atom. The number of hydrogen-bond donors (Lipinski definition) is 0. The molecule has 28 heavy (non-hydrogen) atoms.